The summed E-state index contributed by atoms with van der Waals surface area (Å²) in [5.41, 5.74) is 4.28. The molecule has 1 aliphatic rings. The smallest absolute Gasteiger partial charge is 0.255 e. The molecule has 156 valence electrons. The number of piperidine rings is 1. The van der Waals surface area contributed by atoms with E-state index in [0.717, 1.165) is 48.4 Å². The molecule has 2 aromatic carbocycles. The van der Waals surface area contributed by atoms with E-state index >= 15 is 0 Å². The van der Waals surface area contributed by atoms with E-state index in [0.29, 0.717) is 22.2 Å². The molecular formula is C23H24Cl2N4O. The molecule has 4 rings (SSSR count). The molecule has 0 saturated carbocycles. The third-order valence-corrected chi connectivity index (χ3v) is 6.42. The number of carbonyl (C=O) groups excluding carboxylic acids is 1. The standard InChI is InChI=1S/C23H24Cl2N4O/c1-15-19(24)7-4-8-21(15)29-22(16-9-11-26-12-10-16)18(14-28-29)23(30)27-13-17-5-2-3-6-20(17)25/h2-8,14,16,26H,9-13H2,1H3,(H,27,30). The molecule has 2 N–H and O–H groups in total. The van der Waals surface area contributed by atoms with Gasteiger partial charge in [0.15, 0.2) is 0 Å². The first-order valence-corrected chi connectivity index (χ1v) is 10.9. The molecule has 0 aliphatic carbocycles. The van der Waals surface area contributed by atoms with Crippen LogP contribution in [0.5, 0.6) is 0 Å². The Morgan fingerprint density at radius 3 is 2.63 bits per heavy atom. The van der Waals surface area contributed by atoms with E-state index < -0.39 is 0 Å². The summed E-state index contributed by atoms with van der Waals surface area (Å²) in [5, 5.41) is 12.3. The van der Waals surface area contributed by atoms with E-state index in [4.69, 9.17) is 23.2 Å². The Kier molecular flexibility index (Phi) is 6.42. The van der Waals surface area contributed by atoms with Gasteiger partial charge in [-0.05, 0) is 62.2 Å². The van der Waals surface area contributed by atoms with Crippen LogP contribution < -0.4 is 10.6 Å². The third kappa shape index (κ3) is 4.24. The minimum Gasteiger partial charge on any atom is -0.348 e. The predicted octanol–water partition coefficient (Wildman–Crippen LogP) is 4.88. The first kappa shape index (κ1) is 20.9. The molecule has 5 nitrogen and oxygen atoms in total. The Hall–Kier alpha value is -2.34. The number of carbonyl (C=O) groups is 1. The lowest BCUT2D eigenvalue weighted by molar-refractivity contribution is 0.0949. The molecule has 1 aliphatic heterocycles. The molecule has 0 bridgehead atoms. The van der Waals surface area contributed by atoms with Crippen molar-refractivity contribution in [3.63, 3.8) is 0 Å². The average molecular weight is 443 g/mol. The Morgan fingerprint density at radius 1 is 1.13 bits per heavy atom. The molecule has 0 spiro atoms. The van der Waals surface area contributed by atoms with Crippen molar-refractivity contribution in [3.8, 4) is 5.69 Å². The molecular weight excluding hydrogens is 419 g/mol. The monoisotopic (exact) mass is 442 g/mol. The summed E-state index contributed by atoms with van der Waals surface area (Å²) in [5.74, 6) is 0.0996. The first-order chi connectivity index (χ1) is 14.6. The number of amides is 1. The summed E-state index contributed by atoms with van der Waals surface area (Å²) < 4.78 is 1.89. The normalized spacial score (nSPS) is 14.6. The summed E-state index contributed by atoms with van der Waals surface area (Å²) in [4.78, 5) is 13.1. The summed E-state index contributed by atoms with van der Waals surface area (Å²) >= 11 is 12.6. The van der Waals surface area contributed by atoms with Gasteiger partial charge in [-0.25, -0.2) is 4.68 Å². The second-order valence-corrected chi connectivity index (χ2v) is 8.35. The molecule has 2 heterocycles. The summed E-state index contributed by atoms with van der Waals surface area (Å²) in [6.45, 7) is 4.18. The highest BCUT2D eigenvalue weighted by Gasteiger charge is 2.27. The van der Waals surface area contributed by atoms with Crippen molar-refractivity contribution in [2.45, 2.75) is 32.2 Å². The van der Waals surface area contributed by atoms with Crippen LogP contribution in [0.25, 0.3) is 5.69 Å². The van der Waals surface area contributed by atoms with Gasteiger partial charge in [0.05, 0.1) is 23.1 Å². The second kappa shape index (κ2) is 9.21. The Morgan fingerprint density at radius 2 is 1.87 bits per heavy atom. The molecule has 30 heavy (non-hydrogen) atoms. The van der Waals surface area contributed by atoms with Gasteiger partial charge in [0.1, 0.15) is 0 Å². The van der Waals surface area contributed by atoms with Crippen molar-refractivity contribution < 1.29 is 4.79 Å². The van der Waals surface area contributed by atoms with Gasteiger partial charge in [0.25, 0.3) is 5.91 Å². The molecule has 0 unspecified atom stereocenters. The number of halogens is 2. The van der Waals surface area contributed by atoms with Crippen molar-refractivity contribution in [1.82, 2.24) is 20.4 Å². The van der Waals surface area contributed by atoms with E-state index in [1.807, 2.05) is 54.1 Å². The molecule has 1 amide bonds. The van der Waals surface area contributed by atoms with Crippen LogP contribution in [0.3, 0.4) is 0 Å². The maximum Gasteiger partial charge on any atom is 0.255 e. The molecule has 0 radical (unpaired) electrons. The average Bonchev–Trinajstić information content (AvgIpc) is 3.20. The number of aromatic nitrogens is 2. The molecule has 3 aromatic rings. The topological polar surface area (TPSA) is 59.0 Å². The number of nitrogens with zero attached hydrogens (tertiary/aromatic N) is 2. The summed E-state index contributed by atoms with van der Waals surface area (Å²) in [6.07, 6.45) is 3.58. The fourth-order valence-corrected chi connectivity index (χ4v) is 4.32. The lowest BCUT2D eigenvalue weighted by Gasteiger charge is -2.25. The van der Waals surface area contributed by atoms with Crippen LogP contribution in [0.15, 0.2) is 48.7 Å². The highest BCUT2D eigenvalue weighted by Crippen LogP contribution is 2.32. The fourth-order valence-electron chi connectivity index (χ4n) is 3.95. The van der Waals surface area contributed by atoms with E-state index in [1.54, 1.807) is 6.20 Å². The maximum atomic E-state index is 13.1. The van der Waals surface area contributed by atoms with Gasteiger partial charge in [-0.2, -0.15) is 5.10 Å². The van der Waals surface area contributed by atoms with Crippen LogP contribution >= 0.6 is 23.2 Å². The van der Waals surface area contributed by atoms with E-state index in [-0.39, 0.29) is 11.8 Å². The first-order valence-electron chi connectivity index (χ1n) is 10.1. The van der Waals surface area contributed by atoms with Crippen LogP contribution in [-0.4, -0.2) is 28.8 Å². The Labute approximate surface area is 186 Å². The van der Waals surface area contributed by atoms with Crippen LogP contribution in [0.2, 0.25) is 10.0 Å². The van der Waals surface area contributed by atoms with Crippen LogP contribution in [-0.2, 0) is 6.54 Å². The molecule has 7 heteroatoms. The molecule has 1 aromatic heterocycles. The van der Waals surface area contributed by atoms with E-state index in [2.05, 4.69) is 15.7 Å². The predicted molar refractivity (Wildman–Crippen MR) is 121 cm³/mol. The van der Waals surface area contributed by atoms with Crippen LogP contribution in [0, 0.1) is 6.92 Å². The lowest BCUT2D eigenvalue weighted by atomic mass is 9.91. The van der Waals surface area contributed by atoms with Gasteiger partial charge in [0.2, 0.25) is 0 Å². The highest BCUT2D eigenvalue weighted by atomic mass is 35.5. The number of hydrogen-bond donors (Lipinski definition) is 2. The Balaban J connectivity index is 1.69. The van der Waals surface area contributed by atoms with Crippen LogP contribution in [0.1, 0.15) is 45.9 Å². The summed E-state index contributed by atoms with van der Waals surface area (Å²) in [7, 11) is 0. The van der Waals surface area contributed by atoms with E-state index in [9.17, 15) is 4.79 Å². The van der Waals surface area contributed by atoms with Gasteiger partial charge in [-0.3, -0.25) is 4.79 Å². The van der Waals surface area contributed by atoms with Gasteiger partial charge in [-0.15, -0.1) is 0 Å². The highest BCUT2D eigenvalue weighted by molar-refractivity contribution is 6.31. The second-order valence-electron chi connectivity index (χ2n) is 7.54. The minimum absolute atomic E-state index is 0.144. The Bertz CT molecular complexity index is 1060. The largest absolute Gasteiger partial charge is 0.348 e. The van der Waals surface area contributed by atoms with Crippen LogP contribution in [0.4, 0.5) is 0 Å². The lowest BCUT2D eigenvalue weighted by Crippen LogP contribution is -2.30. The van der Waals surface area contributed by atoms with Gasteiger partial charge in [-0.1, -0.05) is 47.5 Å². The third-order valence-electron chi connectivity index (χ3n) is 5.64. The zero-order valence-corrected chi connectivity index (χ0v) is 18.3. The zero-order chi connectivity index (χ0) is 21.1. The van der Waals surface area contributed by atoms with Crippen molar-refractivity contribution in [3.05, 3.63) is 81.1 Å². The van der Waals surface area contributed by atoms with Crippen molar-refractivity contribution in [2.24, 2.45) is 0 Å². The number of hydrogen-bond acceptors (Lipinski definition) is 3. The summed E-state index contributed by atoms with van der Waals surface area (Å²) in [6, 6.07) is 13.3. The molecule has 1 fully saturated rings. The minimum atomic E-state index is -0.144. The van der Waals surface area contributed by atoms with Gasteiger partial charge < -0.3 is 10.6 Å². The van der Waals surface area contributed by atoms with Crippen molar-refractivity contribution in [2.75, 3.05) is 13.1 Å². The van der Waals surface area contributed by atoms with Gasteiger partial charge in [0, 0.05) is 22.5 Å². The SMILES string of the molecule is Cc1c(Cl)cccc1-n1ncc(C(=O)NCc2ccccc2Cl)c1C1CCNCC1. The number of benzene rings is 2. The molecule has 0 atom stereocenters. The van der Waals surface area contributed by atoms with Crippen molar-refractivity contribution in [1.29, 1.82) is 0 Å². The van der Waals surface area contributed by atoms with Gasteiger partial charge >= 0.3 is 0 Å². The number of rotatable bonds is 5. The number of nitrogens with one attached hydrogen (secondary N) is 2. The van der Waals surface area contributed by atoms with Crippen molar-refractivity contribution >= 4 is 29.1 Å². The fraction of sp³-hybridized carbons (Fsp3) is 0.304. The van der Waals surface area contributed by atoms with E-state index in [1.165, 1.54) is 0 Å². The maximum absolute atomic E-state index is 13.1. The molecule has 1 saturated heterocycles. The zero-order valence-electron chi connectivity index (χ0n) is 16.8. The quantitative estimate of drug-likeness (QED) is 0.591.